The van der Waals surface area contributed by atoms with Gasteiger partial charge in [0.2, 0.25) is 0 Å². The molecule has 1 aliphatic carbocycles. The van der Waals surface area contributed by atoms with Gasteiger partial charge in [0.25, 0.3) is 0 Å². The molecule has 0 bridgehead atoms. The van der Waals surface area contributed by atoms with Crippen molar-refractivity contribution in [1.82, 2.24) is 15.3 Å². The van der Waals surface area contributed by atoms with E-state index in [0.29, 0.717) is 12.6 Å². The molecule has 28 heavy (non-hydrogen) atoms. The number of pyridine rings is 2. The van der Waals surface area contributed by atoms with Crippen LogP contribution >= 0.6 is 0 Å². The van der Waals surface area contributed by atoms with Crippen LogP contribution in [0, 0.1) is 0 Å². The lowest BCUT2D eigenvalue weighted by atomic mass is 9.98. The van der Waals surface area contributed by atoms with Gasteiger partial charge in [-0.25, -0.2) is 0 Å². The van der Waals surface area contributed by atoms with Gasteiger partial charge in [0, 0.05) is 37.6 Å². The van der Waals surface area contributed by atoms with Crippen molar-refractivity contribution in [3.05, 3.63) is 94.6 Å². The Morgan fingerprint density at radius 2 is 1.89 bits per heavy atom. The molecule has 0 spiro atoms. The van der Waals surface area contributed by atoms with E-state index in [1.165, 1.54) is 35.2 Å². The van der Waals surface area contributed by atoms with E-state index in [1.54, 1.807) is 0 Å². The Morgan fingerprint density at radius 1 is 0.964 bits per heavy atom. The van der Waals surface area contributed by atoms with Gasteiger partial charge in [-0.2, -0.15) is 0 Å². The molecule has 1 aliphatic rings. The molecule has 4 heteroatoms. The van der Waals surface area contributed by atoms with Crippen LogP contribution in [0.1, 0.15) is 58.9 Å². The zero-order valence-corrected chi connectivity index (χ0v) is 16.3. The van der Waals surface area contributed by atoms with Crippen LogP contribution in [0.4, 0.5) is 0 Å². The van der Waals surface area contributed by atoms with E-state index in [2.05, 4.69) is 46.7 Å². The molecule has 0 amide bonds. The minimum Gasteiger partial charge on any atom is -0.326 e. The highest BCUT2D eigenvalue weighted by atomic mass is 14.9. The van der Waals surface area contributed by atoms with Crippen LogP contribution in [0.3, 0.4) is 0 Å². The van der Waals surface area contributed by atoms with E-state index >= 15 is 0 Å². The van der Waals surface area contributed by atoms with Gasteiger partial charge in [-0.05, 0) is 59.7 Å². The lowest BCUT2D eigenvalue weighted by Crippen LogP contribution is -2.23. The minimum atomic E-state index is 0.315. The molecule has 144 valence electrons. The number of hydrogen-bond donors (Lipinski definition) is 2. The number of nitrogens with one attached hydrogen (secondary N) is 1. The summed E-state index contributed by atoms with van der Waals surface area (Å²) in [5.41, 5.74) is 13.4. The van der Waals surface area contributed by atoms with Crippen LogP contribution in [0.25, 0.3) is 0 Å². The van der Waals surface area contributed by atoms with Gasteiger partial charge in [-0.1, -0.05) is 36.8 Å². The van der Waals surface area contributed by atoms with E-state index in [-0.39, 0.29) is 0 Å². The van der Waals surface area contributed by atoms with Gasteiger partial charge in [-0.15, -0.1) is 0 Å². The first-order chi connectivity index (χ1) is 13.8. The van der Waals surface area contributed by atoms with Gasteiger partial charge in [-0.3, -0.25) is 9.97 Å². The van der Waals surface area contributed by atoms with Crippen molar-refractivity contribution in [3.8, 4) is 0 Å². The van der Waals surface area contributed by atoms with Crippen molar-refractivity contribution in [1.29, 1.82) is 0 Å². The first-order valence-electron chi connectivity index (χ1n) is 10.2. The van der Waals surface area contributed by atoms with Crippen molar-refractivity contribution in [3.63, 3.8) is 0 Å². The molecule has 3 N–H and O–H groups in total. The molecule has 2 aromatic heterocycles. The highest BCUT2D eigenvalue weighted by molar-refractivity contribution is 5.35. The average molecular weight is 373 g/mol. The highest BCUT2D eigenvalue weighted by Gasteiger charge is 2.19. The first-order valence-corrected chi connectivity index (χ1v) is 10.2. The molecule has 2 heterocycles. The number of hydrogen-bond acceptors (Lipinski definition) is 4. The van der Waals surface area contributed by atoms with Gasteiger partial charge in [0.15, 0.2) is 0 Å². The molecule has 0 fully saturated rings. The summed E-state index contributed by atoms with van der Waals surface area (Å²) in [6, 6.07) is 17.3. The number of aryl methyl sites for hydroxylation is 1. The van der Waals surface area contributed by atoms with Gasteiger partial charge in [0.1, 0.15) is 0 Å². The van der Waals surface area contributed by atoms with Gasteiger partial charge in [0.05, 0.1) is 11.7 Å². The molecule has 0 aliphatic heterocycles. The predicted octanol–water partition coefficient (Wildman–Crippen LogP) is 4.08. The SMILES string of the molecule is NCc1ccc(CNC2CCCCc3cccnc32)c(Cc2ccccn2)c1. The smallest absolute Gasteiger partial charge is 0.0605 e. The van der Waals surface area contributed by atoms with Crippen LogP contribution < -0.4 is 11.1 Å². The van der Waals surface area contributed by atoms with E-state index in [0.717, 1.165) is 37.1 Å². The second-order valence-electron chi connectivity index (χ2n) is 7.53. The molecular formula is C24H28N4. The van der Waals surface area contributed by atoms with Crippen molar-refractivity contribution in [2.24, 2.45) is 5.73 Å². The molecule has 0 radical (unpaired) electrons. The molecule has 4 nitrogen and oxygen atoms in total. The Kier molecular flexibility index (Phi) is 6.10. The predicted molar refractivity (Wildman–Crippen MR) is 113 cm³/mol. The number of aromatic nitrogens is 2. The Labute approximate surface area is 167 Å². The summed E-state index contributed by atoms with van der Waals surface area (Å²) in [5.74, 6) is 0. The van der Waals surface area contributed by atoms with Gasteiger partial charge < -0.3 is 11.1 Å². The molecule has 4 rings (SSSR count). The Balaban J connectivity index is 1.55. The maximum absolute atomic E-state index is 5.88. The van der Waals surface area contributed by atoms with E-state index in [4.69, 9.17) is 10.7 Å². The minimum absolute atomic E-state index is 0.315. The maximum atomic E-state index is 5.88. The number of fused-ring (bicyclic) bond motifs is 1. The molecule has 0 saturated heterocycles. The fourth-order valence-electron chi connectivity index (χ4n) is 4.05. The molecule has 1 atom stereocenters. The van der Waals surface area contributed by atoms with E-state index < -0.39 is 0 Å². The highest BCUT2D eigenvalue weighted by Crippen LogP contribution is 2.27. The standard InChI is InChI=1S/C24H28N4/c25-16-18-10-11-20(21(14-18)15-22-8-3-4-12-26-22)17-28-23-9-2-1-6-19-7-5-13-27-24(19)23/h3-5,7-8,10-14,23,28H,1-2,6,9,15-17,25H2. The number of benzene rings is 1. The van der Waals surface area contributed by atoms with Crippen LogP contribution in [0.5, 0.6) is 0 Å². The Bertz CT molecular complexity index is 907. The largest absolute Gasteiger partial charge is 0.326 e. The fraction of sp³-hybridized carbons (Fsp3) is 0.333. The summed E-state index contributed by atoms with van der Waals surface area (Å²) in [4.78, 5) is 9.20. The molecule has 1 unspecified atom stereocenters. The Hall–Kier alpha value is -2.56. The topological polar surface area (TPSA) is 63.8 Å². The lowest BCUT2D eigenvalue weighted by Gasteiger charge is -2.20. The average Bonchev–Trinajstić information content (AvgIpc) is 2.96. The summed E-state index contributed by atoms with van der Waals surface area (Å²) in [6.45, 7) is 1.39. The van der Waals surface area contributed by atoms with Crippen LogP contribution in [0.2, 0.25) is 0 Å². The van der Waals surface area contributed by atoms with Crippen molar-refractivity contribution in [2.75, 3.05) is 0 Å². The number of nitrogens with two attached hydrogens (primary N) is 1. The zero-order valence-electron chi connectivity index (χ0n) is 16.3. The summed E-state index contributed by atoms with van der Waals surface area (Å²) in [7, 11) is 0. The molecule has 1 aromatic carbocycles. The summed E-state index contributed by atoms with van der Waals surface area (Å²) >= 11 is 0. The fourth-order valence-corrected chi connectivity index (χ4v) is 4.05. The third-order valence-electron chi connectivity index (χ3n) is 5.59. The van der Waals surface area contributed by atoms with Crippen LogP contribution in [-0.2, 0) is 25.9 Å². The second-order valence-corrected chi connectivity index (χ2v) is 7.53. The summed E-state index contributed by atoms with van der Waals surface area (Å²) in [6.07, 6.45) is 9.35. The van der Waals surface area contributed by atoms with Gasteiger partial charge >= 0.3 is 0 Å². The van der Waals surface area contributed by atoms with E-state index in [1.807, 2.05) is 24.5 Å². The Morgan fingerprint density at radius 3 is 2.75 bits per heavy atom. The maximum Gasteiger partial charge on any atom is 0.0605 e. The quantitative estimate of drug-likeness (QED) is 0.640. The lowest BCUT2D eigenvalue weighted by molar-refractivity contribution is 0.479. The molecular weight excluding hydrogens is 344 g/mol. The third kappa shape index (κ3) is 4.46. The molecule has 3 aromatic rings. The molecule has 0 saturated carbocycles. The van der Waals surface area contributed by atoms with Crippen LogP contribution in [0.15, 0.2) is 60.9 Å². The van der Waals surface area contributed by atoms with Crippen LogP contribution in [-0.4, -0.2) is 9.97 Å². The normalized spacial score (nSPS) is 16.4. The van der Waals surface area contributed by atoms with Crippen molar-refractivity contribution in [2.45, 2.75) is 51.2 Å². The van der Waals surface area contributed by atoms with E-state index in [9.17, 15) is 0 Å². The monoisotopic (exact) mass is 372 g/mol. The van der Waals surface area contributed by atoms with Crippen molar-refractivity contribution < 1.29 is 0 Å². The van der Waals surface area contributed by atoms with Crippen molar-refractivity contribution >= 4 is 0 Å². The first kappa shape index (κ1) is 18.8. The third-order valence-corrected chi connectivity index (χ3v) is 5.59. The summed E-state index contributed by atoms with van der Waals surface area (Å²) in [5, 5.41) is 3.78. The summed E-state index contributed by atoms with van der Waals surface area (Å²) < 4.78 is 0. The number of rotatable bonds is 6. The number of nitrogens with zero attached hydrogens (tertiary/aromatic N) is 2. The zero-order chi connectivity index (χ0) is 19.2. The second kappa shape index (κ2) is 9.09.